The molecule has 0 saturated carbocycles. The molecular formula is C13H12Cl2N2S. The van der Waals surface area contributed by atoms with Crippen molar-refractivity contribution in [3.05, 3.63) is 52.1 Å². The Bertz CT molecular complexity index is 546. The van der Waals surface area contributed by atoms with Gasteiger partial charge in [-0.05, 0) is 42.8 Å². The van der Waals surface area contributed by atoms with E-state index in [1.807, 2.05) is 18.2 Å². The molecule has 5 heteroatoms. The number of hydrogen-bond acceptors (Lipinski definition) is 3. The Morgan fingerprint density at radius 2 is 2.06 bits per heavy atom. The summed E-state index contributed by atoms with van der Waals surface area (Å²) in [5, 5.41) is 2.26. The fraction of sp³-hybridized carbons (Fsp3) is 0.154. The molecule has 2 rings (SSSR count). The third kappa shape index (κ3) is 3.39. The van der Waals surface area contributed by atoms with Gasteiger partial charge in [0, 0.05) is 16.1 Å². The summed E-state index contributed by atoms with van der Waals surface area (Å²) in [5.74, 6) is 0. The maximum Gasteiger partial charge on any atom is 0.104 e. The Morgan fingerprint density at radius 1 is 1.22 bits per heavy atom. The second kappa shape index (κ2) is 6.43. The minimum absolute atomic E-state index is 0.600. The molecule has 0 atom stereocenters. The summed E-state index contributed by atoms with van der Waals surface area (Å²) in [6, 6.07) is 9.34. The van der Waals surface area contributed by atoms with Crippen LogP contribution >= 0.6 is 35.0 Å². The topological polar surface area (TPSA) is 38.9 Å². The minimum Gasteiger partial charge on any atom is -0.330 e. The van der Waals surface area contributed by atoms with Gasteiger partial charge in [-0.15, -0.1) is 0 Å². The Labute approximate surface area is 121 Å². The van der Waals surface area contributed by atoms with E-state index in [1.54, 1.807) is 18.3 Å². The molecular weight excluding hydrogens is 287 g/mol. The Balaban J connectivity index is 2.30. The highest BCUT2D eigenvalue weighted by molar-refractivity contribution is 7.99. The minimum atomic E-state index is 0.600. The molecule has 2 N–H and O–H groups in total. The van der Waals surface area contributed by atoms with Crippen molar-refractivity contribution in [1.82, 2.24) is 4.98 Å². The van der Waals surface area contributed by atoms with Crippen molar-refractivity contribution in [2.75, 3.05) is 6.54 Å². The first kappa shape index (κ1) is 13.7. The van der Waals surface area contributed by atoms with Gasteiger partial charge in [-0.3, -0.25) is 0 Å². The molecule has 0 amide bonds. The second-order valence-corrected chi connectivity index (χ2v) is 5.56. The number of halogens is 2. The van der Waals surface area contributed by atoms with Crippen molar-refractivity contribution in [3.8, 4) is 0 Å². The van der Waals surface area contributed by atoms with Crippen LogP contribution in [-0.4, -0.2) is 11.5 Å². The maximum atomic E-state index is 6.14. The number of aromatic nitrogens is 1. The SMILES string of the molecule is NCCc1cccnc1Sc1cc(Cl)ccc1Cl. The zero-order valence-corrected chi connectivity index (χ0v) is 11.9. The molecule has 2 aromatic rings. The molecule has 0 bridgehead atoms. The molecule has 0 saturated heterocycles. The van der Waals surface area contributed by atoms with Gasteiger partial charge in [0.25, 0.3) is 0 Å². The summed E-state index contributed by atoms with van der Waals surface area (Å²) in [5.41, 5.74) is 6.72. The zero-order chi connectivity index (χ0) is 13.0. The molecule has 0 aliphatic carbocycles. The standard InChI is InChI=1S/C13H12Cl2N2S/c14-10-3-4-11(15)12(8-10)18-13-9(5-6-16)2-1-7-17-13/h1-4,7-8H,5-6,16H2. The smallest absolute Gasteiger partial charge is 0.104 e. The summed E-state index contributed by atoms with van der Waals surface area (Å²) in [6.07, 6.45) is 2.56. The molecule has 0 fully saturated rings. The normalized spacial score (nSPS) is 10.6. The molecule has 1 aromatic heterocycles. The second-order valence-electron chi connectivity index (χ2n) is 3.68. The Hall–Kier alpha value is -0.740. The molecule has 0 aliphatic rings. The van der Waals surface area contributed by atoms with E-state index in [-0.39, 0.29) is 0 Å². The number of hydrogen-bond donors (Lipinski definition) is 1. The van der Waals surface area contributed by atoms with Crippen LogP contribution in [0.15, 0.2) is 46.5 Å². The third-order valence-corrected chi connectivity index (χ3v) is 4.16. The van der Waals surface area contributed by atoms with Crippen LogP contribution in [0.2, 0.25) is 10.0 Å². The zero-order valence-electron chi connectivity index (χ0n) is 9.57. The van der Waals surface area contributed by atoms with Gasteiger partial charge in [0.2, 0.25) is 0 Å². The van der Waals surface area contributed by atoms with E-state index < -0.39 is 0 Å². The lowest BCUT2D eigenvalue weighted by Crippen LogP contribution is -2.04. The van der Waals surface area contributed by atoms with Gasteiger partial charge in [-0.2, -0.15) is 0 Å². The van der Waals surface area contributed by atoms with E-state index in [4.69, 9.17) is 28.9 Å². The van der Waals surface area contributed by atoms with Gasteiger partial charge in [0.1, 0.15) is 5.03 Å². The van der Waals surface area contributed by atoms with Crippen LogP contribution in [0.1, 0.15) is 5.56 Å². The van der Waals surface area contributed by atoms with E-state index in [9.17, 15) is 0 Å². The quantitative estimate of drug-likeness (QED) is 0.926. The Morgan fingerprint density at radius 3 is 2.83 bits per heavy atom. The average Bonchev–Trinajstić information content (AvgIpc) is 2.36. The molecule has 2 nitrogen and oxygen atoms in total. The summed E-state index contributed by atoms with van der Waals surface area (Å²) < 4.78 is 0. The summed E-state index contributed by atoms with van der Waals surface area (Å²) in [6.45, 7) is 0.600. The summed E-state index contributed by atoms with van der Waals surface area (Å²) in [7, 11) is 0. The van der Waals surface area contributed by atoms with Gasteiger partial charge in [-0.1, -0.05) is 41.0 Å². The number of pyridine rings is 1. The van der Waals surface area contributed by atoms with Crippen LogP contribution < -0.4 is 5.73 Å². The predicted octanol–water partition coefficient (Wildman–Crippen LogP) is 4.04. The van der Waals surface area contributed by atoms with Crippen molar-refractivity contribution in [2.24, 2.45) is 5.73 Å². The first-order chi connectivity index (χ1) is 8.70. The van der Waals surface area contributed by atoms with Crippen LogP contribution in [0.5, 0.6) is 0 Å². The van der Waals surface area contributed by atoms with Crippen LogP contribution in [0.3, 0.4) is 0 Å². The first-order valence-electron chi connectivity index (χ1n) is 5.47. The van der Waals surface area contributed by atoms with E-state index in [1.165, 1.54) is 11.8 Å². The van der Waals surface area contributed by atoms with Gasteiger partial charge < -0.3 is 5.73 Å². The number of rotatable bonds is 4. The molecule has 94 valence electrons. The van der Waals surface area contributed by atoms with E-state index in [0.717, 1.165) is 21.9 Å². The lowest BCUT2D eigenvalue weighted by molar-refractivity contribution is 0.911. The molecule has 1 heterocycles. The molecule has 0 unspecified atom stereocenters. The molecule has 18 heavy (non-hydrogen) atoms. The lowest BCUT2D eigenvalue weighted by atomic mass is 10.2. The monoisotopic (exact) mass is 298 g/mol. The van der Waals surface area contributed by atoms with Crippen molar-refractivity contribution >= 4 is 35.0 Å². The maximum absolute atomic E-state index is 6.14. The van der Waals surface area contributed by atoms with Gasteiger partial charge in [-0.25, -0.2) is 4.98 Å². The van der Waals surface area contributed by atoms with Crippen molar-refractivity contribution in [1.29, 1.82) is 0 Å². The number of nitrogens with zero attached hydrogens (tertiary/aromatic N) is 1. The van der Waals surface area contributed by atoms with Gasteiger partial charge in [0.05, 0.1) is 5.02 Å². The average molecular weight is 299 g/mol. The van der Waals surface area contributed by atoms with Crippen molar-refractivity contribution < 1.29 is 0 Å². The highest BCUT2D eigenvalue weighted by Crippen LogP contribution is 2.35. The predicted molar refractivity (Wildman–Crippen MR) is 77.6 cm³/mol. The molecule has 0 aliphatic heterocycles. The summed E-state index contributed by atoms with van der Waals surface area (Å²) >= 11 is 13.6. The largest absolute Gasteiger partial charge is 0.330 e. The first-order valence-corrected chi connectivity index (χ1v) is 7.05. The van der Waals surface area contributed by atoms with Crippen LogP contribution in [-0.2, 0) is 6.42 Å². The summed E-state index contributed by atoms with van der Waals surface area (Å²) in [4.78, 5) is 5.27. The molecule has 0 spiro atoms. The van der Waals surface area contributed by atoms with E-state index in [0.29, 0.717) is 16.6 Å². The lowest BCUT2D eigenvalue weighted by Gasteiger charge is -2.08. The number of benzene rings is 1. The van der Waals surface area contributed by atoms with Crippen LogP contribution in [0.25, 0.3) is 0 Å². The highest BCUT2D eigenvalue weighted by Gasteiger charge is 2.08. The van der Waals surface area contributed by atoms with E-state index >= 15 is 0 Å². The van der Waals surface area contributed by atoms with Crippen LogP contribution in [0.4, 0.5) is 0 Å². The highest BCUT2D eigenvalue weighted by atomic mass is 35.5. The molecule has 1 aromatic carbocycles. The van der Waals surface area contributed by atoms with Crippen molar-refractivity contribution in [2.45, 2.75) is 16.3 Å². The fourth-order valence-electron chi connectivity index (χ4n) is 1.52. The van der Waals surface area contributed by atoms with Crippen molar-refractivity contribution in [3.63, 3.8) is 0 Å². The third-order valence-electron chi connectivity index (χ3n) is 2.36. The van der Waals surface area contributed by atoms with Crippen LogP contribution in [0, 0.1) is 0 Å². The molecule has 0 radical (unpaired) electrons. The van der Waals surface area contributed by atoms with Gasteiger partial charge >= 0.3 is 0 Å². The van der Waals surface area contributed by atoms with E-state index in [2.05, 4.69) is 4.98 Å². The Kier molecular flexibility index (Phi) is 4.89. The van der Waals surface area contributed by atoms with Gasteiger partial charge in [0.15, 0.2) is 0 Å². The number of nitrogens with two attached hydrogens (primary N) is 1. The fourth-order valence-corrected chi connectivity index (χ4v) is 2.97.